The summed E-state index contributed by atoms with van der Waals surface area (Å²) >= 11 is 0. The van der Waals surface area contributed by atoms with Crippen molar-refractivity contribution >= 4 is 0 Å². The molecule has 0 bridgehead atoms. The van der Waals surface area contributed by atoms with Gasteiger partial charge in [0.25, 0.3) is 0 Å². The Balaban J connectivity index is -0.000000135. The van der Waals surface area contributed by atoms with Crippen LogP contribution in [0, 0.1) is 0 Å². The summed E-state index contributed by atoms with van der Waals surface area (Å²) in [6, 6.07) is 0. The van der Waals surface area contributed by atoms with Crippen LogP contribution >= 0.6 is 0 Å². The van der Waals surface area contributed by atoms with Crippen LogP contribution in [0.25, 0.3) is 0 Å². The molecule has 2 heteroatoms. The molecule has 0 aromatic rings. The van der Waals surface area contributed by atoms with Crippen molar-refractivity contribution in [1.82, 2.24) is 0 Å². The minimum atomic E-state index is 0. The highest BCUT2D eigenvalue weighted by molar-refractivity contribution is 4.45. The number of rotatable bonds is 6. The van der Waals surface area contributed by atoms with E-state index in [-0.39, 0.29) is 28.4 Å². The second-order valence-corrected chi connectivity index (χ2v) is 2.49. The average molecular weight is 194 g/mol. The van der Waals surface area contributed by atoms with Gasteiger partial charge in [-0.1, -0.05) is 35.6 Å². The van der Waals surface area contributed by atoms with Gasteiger partial charge in [0.05, 0.1) is 12.7 Å². The first kappa shape index (κ1) is 23.1. The van der Waals surface area contributed by atoms with E-state index in [4.69, 9.17) is 9.47 Å². The van der Waals surface area contributed by atoms with E-state index in [1.165, 1.54) is 6.42 Å². The zero-order valence-corrected chi connectivity index (χ0v) is 7.22. The van der Waals surface area contributed by atoms with Gasteiger partial charge in [0.15, 0.2) is 0 Å². The molecule has 0 amide bonds. The minimum absolute atomic E-state index is 0. The Labute approximate surface area is 85.6 Å². The van der Waals surface area contributed by atoms with Crippen molar-refractivity contribution < 1.29 is 9.47 Å². The monoisotopic (exact) mass is 194 g/mol. The Bertz CT molecular complexity index is 65.1. The third-order valence-electron chi connectivity index (χ3n) is 1.30. The number of hydrogen-bond acceptors (Lipinski definition) is 2. The van der Waals surface area contributed by atoms with Gasteiger partial charge >= 0.3 is 0 Å². The number of hydrogen-bond donors (Lipinski definition) is 0. The minimum Gasteiger partial charge on any atom is -0.382 e. The fourth-order valence-electron chi connectivity index (χ4n) is 0.712. The van der Waals surface area contributed by atoms with Crippen LogP contribution in [0.1, 0.15) is 49.0 Å². The van der Waals surface area contributed by atoms with Gasteiger partial charge in [0.1, 0.15) is 0 Å². The van der Waals surface area contributed by atoms with E-state index in [0.29, 0.717) is 6.61 Å². The van der Waals surface area contributed by atoms with Crippen molar-refractivity contribution in [3.05, 3.63) is 0 Å². The van der Waals surface area contributed by atoms with Gasteiger partial charge in [-0.25, -0.2) is 0 Å². The molecule has 0 aliphatic heterocycles. The van der Waals surface area contributed by atoms with Crippen molar-refractivity contribution in [2.45, 2.75) is 55.1 Å². The molecule has 0 saturated heterocycles. The van der Waals surface area contributed by atoms with Gasteiger partial charge < -0.3 is 9.47 Å². The zero-order valence-electron chi connectivity index (χ0n) is 7.22. The molecule has 13 heavy (non-hydrogen) atoms. The zero-order chi connectivity index (χ0) is 7.82. The van der Waals surface area contributed by atoms with Gasteiger partial charge in [-0.2, -0.15) is 0 Å². The first-order chi connectivity index (χ1) is 4.81. The molecule has 0 aromatic carbocycles. The standard InChI is InChI=1S/C8H18O2.3CH4/c1-4-5-6-10-8(2)7-9-3;;;/h8H,4-7H2,1-3H3;3*1H4. The van der Waals surface area contributed by atoms with Gasteiger partial charge in [-0.05, 0) is 13.3 Å². The van der Waals surface area contributed by atoms with Gasteiger partial charge in [0, 0.05) is 13.7 Å². The van der Waals surface area contributed by atoms with E-state index in [0.717, 1.165) is 13.0 Å². The Morgan fingerprint density at radius 3 is 2.08 bits per heavy atom. The van der Waals surface area contributed by atoms with E-state index >= 15 is 0 Å². The molecule has 0 N–H and O–H groups in total. The van der Waals surface area contributed by atoms with Crippen LogP contribution in [0.3, 0.4) is 0 Å². The maximum absolute atomic E-state index is 5.40. The molecule has 0 heterocycles. The first-order valence-electron chi connectivity index (χ1n) is 3.91. The van der Waals surface area contributed by atoms with Gasteiger partial charge in [0.2, 0.25) is 0 Å². The lowest BCUT2D eigenvalue weighted by Gasteiger charge is -2.10. The summed E-state index contributed by atoms with van der Waals surface area (Å²) in [5.74, 6) is 0. The Morgan fingerprint density at radius 2 is 1.69 bits per heavy atom. The van der Waals surface area contributed by atoms with Crippen LogP contribution < -0.4 is 0 Å². The van der Waals surface area contributed by atoms with Crippen molar-refractivity contribution in [1.29, 1.82) is 0 Å². The highest BCUT2D eigenvalue weighted by atomic mass is 16.5. The predicted octanol–water partition coefficient (Wildman–Crippen LogP) is 3.75. The summed E-state index contributed by atoms with van der Waals surface area (Å²) in [7, 11) is 1.69. The number of ether oxygens (including phenoxy) is 2. The fraction of sp³-hybridized carbons (Fsp3) is 1.00. The molecule has 86 valence electrons. The summed E-state index contributed by atoms with van der Waals surface area (Å²) < 4.78 is 10.3. The third-order valence-corrected chi connectivity index (χ3v) is 1.30. The molecular weight excluding hydrogens is 164 g/mol. The number of methoxy groups -OCH3 is 1. The van der Waals surface area contributed by atoms with Crippen LogP contribution in [0.15, 0.2) is 0 Å². The maximum Gasteiger partial charge on any atom is 0.0780 e. The maximum atomic E-state index is 5.40. The summed E-state index contributed by atoms with van der Waals surface area (Å²) in [5.41, 5.74) is 0. The van der Waals surface area contributed by atoms with E-state index in [1.807, 2.05) is 6.92 Å². The quantitative estimate of drug-likeness (QED) is 0.600. The third kappa shape index (κ3) is 18.7. The fourth-order valence-corrected chi connectivity index (χ4v) is 0.712. The molecule has 0 spiro atoms. The van der Waals surface area contributed by atoms with Crippen LogP contribution in [0.5, 0.6) is 0 Å². The Hall–Kier alpha value is -0.0800. The Kier molecular flexibility index (Phi) is 31.7. The molecule has 0 radical (unpaired) electrons. The SMILES string of the molecule is C.C.C.CCCCOC(C)COC. The van der Waals surface area contributed by atoms with Crippen LogP contribution in [-0.2, 0) is 9.47 Å². The summed E-state index contributed by atoms with van der Waals surface area (Å²) in [5, 5.41) is 0. The summed E-state index contributed by atoms with van der Waals surface area (Å²) in [6.07, 6.45) is 2.59. The van der Waals surface area contributed by atoms with Gasteiger partial charge in [-0.3, -0.25) is 0 Å². The molecule has 1 unspecified atom stereocenters. The topological polar surface area (TPSA) is 18.5 Å². The second-order valence-electron chi connectivity index (χ2n) is 2.49. The second kappa shape index (κ2) is 17.9. The van der Waals surface area contributed by atoms with Gasteiger partial charge in [-0.15, -0.1) is 0 Å². The highest BCUT2D eigenvalue weighted by Gasteiger charge is 1.98. The molecule has 0 aliphatic carbocycles. The molecule has 0 aromatic heterocycles. The van der Waals surface area contributed by atoms with E-state index < -0.39 is 0 Å². The molecule has 2 nitrogen and oxygen atoms in total. The number of unbranched alkanes of at least 4 members (excludes halogenated alkanes) is 1. The molecule has 1 atom stereocenters. The molecule has 0 fully saturated rings. The lowest BCUT2D eigenvalue weighted by Crippen LogP contribution is -2.15. The lowest BCUT2D eigenvalue weighted by atomic mass is 10.3. The van der Waals surface area contributed by atoms with Crippen molar-refractivity contribution in [3.8, 4) is 0 Å². The highest BCUT2D eigenvalue weighted by Crippen LogP contribution is 1.94. The molecule has 0 saturated carbocycles. The lowest BCUT2D eigenvalue weighted by molar-refractivity contribution is 0.00811. The molecular formula is C11H30O2. The van der Waals surface area contributed by atoms with Crippen molar-refractivity contribution in [3.63, 3.8) is 0 Å². The average Bonchev–Trinajstić information content (AvgIpc) is 1.89. The Morgan fingerprint density at radius 1 is 1.15 bits per heavy atom. The smallest absolute Gasteiger partial charge is 0.0780 e. The summed E-state index contributed by atoms with van der Waals surface area (Å²) in [6.45, 7) is 5.74. The van der Waals surface area contributed by atoms with Crippen LogP contribution in [0.2, 0.25) is 0 Å². The normalized spacial score (nSPS) is 10.4. The molecule has 0 rings (SSSR count). The van der Waals surface area contributed by atoms with Crippen LogP contribution in [-0.4, -0.2) is 26.4 Å². The van der Waals surface area contributed by atoms with Crippen LogP contribution in [0.4, 0.5) is 0 Å². The largest absolute Gasteiger partial charge is 0.382 e. The van der Waals surface area contributed by atoms with Crippen molar-refractivity contribution in [2.75, 3.05) is 20.3 Å². The van der Waals surface area contributed by atoms with E-state index in [1.54, 1.807) is 7.11 Å². The molecule has 0 aliphatic rings. The van der Waals surface area contributed by atoms with E-state index in [2.05, 4.69) is 6.92 Å². The van der Waals surface area contributed by atoms with Crippen molar-refractivity contribution in [2.24, 2.45) is 0 Å². The predicted molar refractivity (Wildman–Crippen MR) is 62.4 cm³/mol. The first-order valence-corrected chi connectivity index (χ1v) is 3.91. The summed E-state index contributed by atoms with van der Waals surface area (Å²) in [4.78, 5) is 0. The van der Waals surface area contributed by atoms with E-state index in [9.17, 15) is 0 Å².